The zero-order valence-corrected chi connectivity index (χ0v) is 10.9. The molecule has 0 aromatic rings. The Balaban J connectivity index is 2.35. The summed E-state index contributed by atoms with van der Waals surface area (Å²) >= 11 is 1.73. The topological polar surface area (TPSA) is 32.7 Å². The number of allylic oxidation sites excluding steroid dienone is 1. The van der Waals surface area contributed by atoms with Crippen molar-refractivity contribution in [1.82, 2.24) is 4.90 Å². The summed E-state index contributed by atoms with van der Waals surface area (Å²) in [6.07, 6.45) is 3.93. The van der Waals surface area contributed by atoms with Crippen LogP contribution in [0.15, 0.2) is 28.5 Å². The average molecular weight is 236 g/mol. The highest BCUT2D eigenvalue weighted by molar-refractivity contribution is 8.15. The van der Waals surface area contributed by atoms with Crippen molar-refractivity contribution in [2.45, 2.75) is 32.4 Å². The molecule has 2 aliphatic heterocycles. The Kier molecular flexibility index (Phi) is 2.70. The van der Waals surface area contributed by atoms with Gasteiger partial charge < -0.3 is 4.90 Å². The molecule has 16 heavy (non-hydrogen) atoms. The van der Waals surface area contributed by atoms with Crippen LogP contribution in [0.25, 0.3) is 0 Å². The highest BCUT2D eigenvalue weighted by atomic mass is 32.2. The first-order valence-corrected chi connectivity index (χ1v) is 6.14. The molecule has 0 radical (unpaired) electrons. The van der Waals surface area contributed by atoms with Gasteiger partial charge in [-0.05, 0) is 33.8 Å². The molecule has 0 spiro atoms. The van der Waals surface area contributed by atoms with Gasteiger partial charge in [-0.15, -0.1) is 0 Å². The molecule has 4 heteroatoms. The first kappa shape index (κ1) is 11.5. The standard InChI is InChI=1S/C12H16N2OS/c1-8-5-12(3,4)16-11-13-6-10(9(2)15)7-14(8)11/h5-6H,7H2,1-4H3. The minimum Gasteiger partial charge on any atom is -0.321 e. The smallest absolute Gasteiger partial charge is 0.169 e. The number of rotatable bonds is 1. The third-order valence-electron chi connectivity index (χ3n) is 2.68. The van der Waals surface area contributed by atoms with Gasteiger partial charge in [-0.25, -0.2) is 4.99 Å². The van der Waals surface area contributed by atoms with Gasteiger partial charge in [0, 0.05) is 22.2 Å². The average Bonchev–Trinajstić information content (AvgIpc) is 2.15. The van der Waals surface area contributed by atoms with E-state index in [-0.39, 0.29) is 10.5 Å². The second kappa shape index (κ2) is 3.77. The van der Waals surface area contributed by atoms with E-state index < -0.39 is 0 Å². The molecular weight excluding hydrogens is 220 g/mol. The molecule has 3 nitrogen and oxygen atoms in total. The second-order valence-electron chi connectivity index (χ2n) is 4.70. The quantitative estimate of drug-likeness (QED) is 0.701. The summed E-state index contributed by atoms with van der Waals surface area (Å²) in [4.78, 5) is 17.8. The Hall–Kier alpha value is -1.03. The van der Waals surface area contributed by atoms with Crippen molar-refractivity contribution in [1.29, 1.82) is 0 Å². The Morgan fingerprint density at radius 2 is 2.25 bits per heavy atom. The molecule has 0 saturated heterocycles. The van der Waals surface area contributed by atoms with Crippen LogP contribution in [0.1, 0.15) is 27.7 Å². The molecule has 2 heterocycles. The van der Waals surface area contributed by atoms with Gasteiger partial charge in [0.15, 0.2) is 11.0 Å². The van der Waals surface area contributed by atoms with Crippen LogP contribution < -0.4 is 0 Å². The third-order valence-corrected chi connectivity index (χ3v) is 3.83. The summed E-state index contributed by atoms with van der Waals surface area (Å²) in [6.45, 7) is 8.66. The van der Waals surface area contributed by atoms with Gasteiger partial charge in [0.2, 0.25) is 0 Å². The van der Waals surface area contributed by atoms with E-state index in [0.717, 1.165) is 10.7 Å². The van der Waals surface area contributed by atoms with Gasteiger partial charge in [0.05, 0.1) is 6.54 Å². The molecule has 0 fully saturated rings. The van der Waals surface area contributed by atoms with Crippen molar-refractivity contribution >= 4 is 22.7 Å². The first-order chi connectivity index (χ1) is 7.39. The van der Waals surface area contributed by atoms with Crippen molar-refractivity contribution in [2.24, 2.45) is 4.99 Å². The van der Waals surface area contributed by atoms with Gasteiger partial charge in [-0.3, -0.25) is 4.79 Å². The van der Waals surface area contributed by atoms with Crippen LogP contribution in [0.2, 0.25) is 0 Å². The third kappa shape index (κ3) is 2.07. The minimum absolute atomic E-state index is 0.0843. The van der Waals surface area contributed by atoms with Crippen molar-refractivity contribution in [3.63, 3.8) is 0 Å². The maximum Gasteiger partial charge on any atom is 0.169 e. The molecule has 0 aromatic heterocycles. The summed E-state index contributed by atoms with van der Waals surface area (Å²) in [7, 11) is 0. The Morgan fingerprint density at radius 1 is 1.56 bits per heavy atom. The van der Waals surface area contributed by atoms with E-state index in [4.69, 9.17) is 0 Å². The molecule has 0 aromatic carbocycles. The maximum atomic E-state index is 11.3. The molecule has 0 saturated carbocycles. The lowest BCUT2D eigenvalue weighted by Crippen LogP contribution is -2.39. The van der Waals surface area contributed by atoms with E-state index in [1.54, 1.807) is 24.9 Å². The second-order valence-corrected chi connectivity index (χ2v) is 6.32. The SMILES string of the molecule is CC(=O)C1=CN=C2SC(C)(C)C=C(C)N2C1. The molecule has 86 valence electrons. The van der Waals surface area contributed by atoms with Crippen LogP contribution in [0.4, 0.5) is 0 Å². The van der Waals surface area contributed by atoms with E-state index in [1.165, 1.54) is 5.70 Å². The van der Waals surface area contributed by atoms with E-state index in [2.05, 4.69) is 36.7 Å². The fourth-order valence-electron chi connectivity index (χ4n) is 1.89. The molecule has 0 amide bonds. The minimum atomic E-state index is 0.0843. The van der Waals surface area contributed by atoms with Crippen molar-refractivity contribution in [3.05, 3.63) is 23.5 Å². The number of thioether (sulfide) groups is 1. The number of fused-ring (bicyclic) bond motifs is 1. The number of Topliss-reactive ketones (excluding diaryl/α,β-unsaturated/α-hetero) is 1. The number of carbonyl (C=O) groups excluding carboxylic acids is 1. The zero-order valence-electron chi connectivity index (χ0n) is 10.1. The largest absolute Gasteiger partial charge is 0.321 e. The van der Waals surface area contributed by atoms with Crippen molar-refractivity contribution in [2.75, 3.05) is 6.54 Å². The van der Waals surface area contributed by atoms with Gasteiger partial charge in [-0.1, -0.05) is 11.8 Å². The van der Waals surface area contributed by atoms with Crippen LogP contribution >= 0.6 is 11.8 Å². The molecule has 2 rings (SSSR count). The highest BCUT2D eigenvalue weighted by Crippen LogP contribution is 2.37. The summed E-state index contributed by atoms with van der Waals surface area (Å²) < 4.78 is 0.0843. The van der Waals surface area contributed by atoms with E-state index >= 15 is 0 Å². The fourth-order valence-corrected chi connectivity index (χ4v) is 3.01. The first-order valence-electron chi connectivity index (χ1n) is 5.33. The Bertz CT molecular complexity index is 432. The van der Waals surface area contributed by atoms with E-state index in [1.807, 2.05) is 0 Å². The summed E-state index contributed by atoms with van der Waals surface area (Å²) in [5.74, 6) is 0.102. The van der Waals surface area contributed by atoms with Crippen LogP contribution in [-0.2, 0) is 4.79 Å². The zero-order chi connectivity index (χ0) is 11.9. The van der Waals surface area contributed by atoms with Gasteiger partial charge in [0.1, 0.15) is 0 Å². The lowest BCUT2D eigenvalue weighted by Gasteiger charge is -2.38. The predicted octanol–water partition coefficient (Wildman–Crippen LogP) is 2.56. The van der Waals surface area contributed by atoms with Gasteiger partial charge in [0.25, 0.3) is 0 Å². The number of ketones is 1. The molecule has 0 atom stereocenters. The van der Waals surface area contributed by atoms with E-state index in [9.17, 15) is 4.79 Å². The summed E-state index contributed by atoms with van der Waals surface area (Å²) in [5, 5.41) is 0.995. The highest BCUT2D eigenvalue weighted by Gasteiger charge is 2.31. The number of amidine groups is 1. The van der Waals surface area contributed by atoms with Crippen LogP contribution in [0.5, 0.6) is 0 Å². The molecular formula is C12H16N2OS. The molecule has 0 unspecified atom stereocenters. The van der Waals surface area contributed by atoms with Crippen molar-refractivity contribution in [3.8, 4) is 0 Å². The number of carbonyl (C=O) groups is 1. The maximum absolute atomic E-state index is 11.3. The van der Waals surface area contributed by atoms with E-state index in [0.29, 0.717) is 6.54 Å². The van der Waals surface area contributed by atoms with Crippen LogP contribution in [0.3, 0.4) is 0 Å². The predicted molar refractivity (Wildman–Crippen MR) is 68.3 cm³/mol. The lowest BCUT2D eigenvalue weighted by atomic mass is 10.1. The van der Waals surface area contributed by atoms with Gasteiger partial charge >= 0.3 is 0 Å². The molecule has 2 aliphatic rings. The monoisotopic (exact) mass is 236 g/mol. The van der Waals surface area contributed by atoms with Gasteiger partial charge in [-0.2, -0.15) is 0 Å². The normalized spacial score (nSPS) is 23.0. The summed E-state index contributed by atoms with van der Waals surface area (Å²) in [6, 6.07) is 0. The molecule has 0 bridgehead atoms. The number of hydrogen-bond donors (Lipinski definition) is 0. The number of nitrogens with zero attached hydrogens (tertiary/aromatic N) is 2. The van der Waals surface area contributed by atoms with Crippen LogP contribution in [-0.4, -0.2) is 27.1 Å². The fraction of sp³-hybridized carbons (Fsp3) is 0.500. The molecule has 0 aliphatic carbocycles. The summed E-state index contributed by atoms with van der Waals surface area (Å²) in [5.41, 5.74) is 1.95. The Labute approximate surface area is 100 Å². The Morgan fingerprint density at radius 3 is 2.88 bits per heavy atom. The number of aliphatic imine (C=N–C) groups is 1. The number of hydrogen-bond acceptors (Lipinski definition) is 4. The van der Waals surface area contributed by atoms with Crippen LogP contribution in [0, 0.1) is 0 Å². The van der Waals surface area contributed by atoms with Crippen molar-refractivity contribution < 1.29 is 4.79 Å². The molecule has 0 N–H and O–H groups in total. The lowest BCUT2D eigenvalue weighted by molar-refractivity contribution is -0.113.